The number of ether oxygens (including phenoxy) is 3. The minimum atomic E-state index is -0.0349. The second kappa shape index (κ2) is 10.8. The van der Waals surface area contributed by atoms with Gasteiger partial charge in [0.15, 0.2) is 6.61 Å². The molecule has 8 heteroatoms. The van der Waals surface area contributed by atoms with Crippen molar-refractivity contribution < 1.29 is 19.0 Å². The summed E-state index contributed by atoms with van der Waals surface area (Å²) >= 11 is 7.51. The molecule has 168 valence electrons. The number of aromatic nitrogens is 1. The predicted molar refractivity (Wildman–Crippen MR) is 127 cm³/mol. The monoisotopic (exact) mass is 472 g/mol. The summed E-state index contributed by atoms with van der Waals surface area (Å²) in [7, 11) is 1.69. The number of methoxy groups -OCH3 is 1. The van der Waals surface area contributed by atoms with Crippen molar-refractivity contribution in [3.8, 4) is 22.8 Å². The average molecular weight is 473 g/mol. The van der Waals surface area contributed by atoms with Crippen LogP contribution in [-0.2, 0) is 16.0 Å². The molecule has 6 nitrogen and oxygen atoms in total. The first-order valence-electron chi connectivity index (χ1n) is 10.5. The normalized spacial score (nSPS) is 13.1. The molecule has 0 fully saturated rings. The lowest BCUT2D eigenvalue weighted by molar-refractivity contribution is -0.121. The first kappa shape index (κ1) is 22.6. The third-order valence-corrected chi connectivity index (χ3v) is 6.29. The Balaban J connectivity index is 1.38. The van der Waals surface area contributed by atoms with Crippen molar-refractivity contribution in [3.05, 3.63) is 57.9 Å². The minimum Gasteiger partial charge on any atom is -0.494 e. The molecule has 3 aromatic rings. The number of fused-ring (bicyclic) bond motifs is 1. The summed E-state index contributed by atoms with van der Waals surface area (Å²) in [5.41, 5.74) is 2.67. The van der Waals surface area contributed by atoms with Crippen LogP contribution < -0.4 is 14.4 Å². The number of hydrogen-bond donors (Lipinski definition) is 0. The van der Waals surface area contributed by atoms with Gasteiger partial charge in [0, 0.05) is 36.0 Å². The molecule has 0 bridgehead atoms. The topological polar surface area (TPSA) is 60.9 Å². The largest absolute Gasteiger partial charge is 0.494 e. The van der Waals surface area contributed by atoms with Gasteiger partial charge in [-0.05, 0) is 55.3 Å². The summed E-state index contributed by atoms with van der Waals surface area (Å²) in [5.74, 6) is 1.48. The van der Waals surface area contributed by atoms with Crippen LogP contribution in [-0.4, -0.2) is 44.4 Å². The van der Waals surface area contributed by atoms with Gasteiger partial charge in [-0.15, -0.1) is 11.3 Å². The SMILES string of the molecule is COCCc1nc(-c2ccc3c(c2)N(CCCCOc2ccc(Cl)cc2)C(=O)CO3)cs1. The lowest BCUT2D eigenvalue weighted by Crippen LogP contribution is -2.39. The number of thiazole rings is 1. The molecule has 0 saturated carbocycles. The van der Waals surface area contributed by atoms with E-state index in [1.807, 2.05) is 40.6 Å². The number of carbonyl (C=O) groups is 1. The van der Waals surface area contributed by atoms with Crippen LogP contribution in [0.3, 0.4) is 0 Å². The van der Waals surface area contributed by atoms with Gasteiger partial charge in [0.25, 0.3) is 5.91 Å². The summed E-state index contributed by atoms with van der Waals surface area (Å²) in [6, 6.07) is 13.2. The van der Waals surface area contributed by atoms with E-state index in [1.165, 1.54) is 0 Å². The highest BCUT2D eigenvalue weighted by Gasteiger charge is 2.25. The van der Waals surface area contributed by atoms with Crippen molar-refractivity contribution in [2.24, 2.45) is 0 Å². The zero-order valence-corrected chi connectivity index (χ0v) is 19.5. The third kappa shape index (κ3) is 5.59. The van der Waals surface area contributed by atoms with E-state index in [0.29, 0.717) is 24.8 Å². The van der Waals surface area contributed by atoms with Crippen LogP contribution in [0.2, 0.25) is 5.02 Å². The van der Waals surface area contributed by atoms with E-state index in [0.717, 1.165) is 52.7 Å². The van der Waals surface area contributed by atoms with E-state index in [-0.39, 0.29) is 12.5 Å². The third-order valence-electron chi connectivity index (χ3n) is 5.13. The summed E-state index contributed by atoms with van der Waals surface area (Å²) in [4.78, 5) is 19.1. The zero-order chi connectivity index (χ0) is 22.3. The maximum atomic E-state index is 12.6. The van der Waals surface area contributed by atoms with Crippen molar-refractivity contribution in [1.29, 1.82) is 0 Å². The fourth-order valence-electron chi connectivity index (χ4n) is 3.45. The van der Waals surface area contributed by atoms with E-state index < -0.39 is 0 Å². The molecule has 0 spiro atoms. The lowest BCUT2D eigenvalue weighted by Gasteiger charge is -2.29. The fourth-order valence-corrected chi connectivity index (χ4v) is 4.36. The Morgan fingerprint density at radius 3 is 2.81 bits per heavy atom. The molecule has 4 rings (SSSR count). The van der Waals surface area contributed by atoms with Crippen LogP contribution in [0.4, 0.5) is 5.69 Å². The molecule has 0 atom stereocenters. The van der Waals surface area contributed by atoms with Crippen LogP contribution in [0.25, 0.3) is 11.3 Å². The van der Waals surface area contributed by atoms with Crippen LogP contribution in [0, 0.1) is 0 Å². The second-order valence-corrected chi connectivity index (χ2v) is 8.77. The van der Waals surface area contributed by atoms with Gasteiger partial charge in [0.1, 0.15) is 11.5 Å². The van der Waals surface area contributed by atoms with Gasteiger partial charge in [0.2, 0.25) is 0 Å². The summed E-state index contributed by atoms with van der Waals surface area (Å²) in [5, 5.41) is 3.76. The van der Waals surface area contributed by atoms with E-state index >= 15 is 0 Å². The van der Waals surface area contributed by atoms with E-state index in [1.54, 1.807) is 30.6 Å². The second-order valence-electron chi connectivity index (χ2n) is 7.40. The first-order valence-corrected chi connectivity index (χ1v) is 11.8. The predicted octanol–water partition coefficient (Wildman–Crippen LogP) is 5.24. The Morgan fingerprint density at radius 1 is 1.16 bits per heavy atom. The number of anilines is 1. The van der Waals surface area contributed by atoms with Gasteiger partial charge in [-0.2, -0.15) is 0 Å². The molecule has 0 aliphatic carbocycles. The first-order chi connectivity index (χ1) is 15.6. The van der Waals surface area contributed by atoms with Gasteiger partial charge < -0.3 is 19.1 Å². The van der Waals surface area contributed by atoms with Gasteiger partial charge in [-0.25, -0.2) is 4.98 Å². The van der Waals surface area contributed by atoms with Crippen molar-refractivity contribution in [2.45, 2.75) is 19.3 Å². The number of halogens is 1. The van der Waals surface area contributed by atoms with Gasteiger partial charge in [0.05, 0.1) is 29.6 Å². The molecule has 1 aliphatic rings. The van der Waals surface area contributed by atoms with Crippen LogP contribution in [0.15, 0.2) is 47.8 Å². The highest BCUT2D eigenvalue weighted by molar-refractivity contribution is 7.09. The molecule has 0 radical (unpaired) electrons. The van der Waals surface area contributed by atoms with Crippen molar-refractivity contribution in [2.75, 3.05) is 38.4 Å². The molecular weight excluding hydrogens is 448 g/mol. The number of amides is 1. The zero-order valence-electron chi connectivity index (χ0n) is 17.9. The smallest absolute Gasteiger partial charge is 0.265 e. The molecular formula is C24H25ClN2O4S. The van der Waals surface area contributed by atoms with Crippen molar-refractivity contribution in [1.82, 2.24) is 4.98 Å². The quantitative estimate of drug-likeness (QED) is 0.378. The van der Waals surface area contributed by atoms with Crippen LogP contribution in [0.1, 0.15) is 17.8 Å². The molecule has 2 heterocycles. The highest BCUT2D eigenvalue weighted by Crippen LogP contribution is 2.36. The van der Waals surface area contributed by atoms with E-state index in [2.05, 4.69) is 0 Å². The molecule has 1 aliphatic heterocycles. The number of nitrogens with zero attached hydrogens (tertiary/aromatic N) is 2. The molecule has 32 heavy (non-hydrogen) atoms. The maximum Gasteiger partial charge on any atom is 0.265 e. The summed E-state index contributed by atoms with van der Waals surface area (Å²) in [6.45, 7) is 1.90. The van der Waals surface area contributed by atoms with Crippen LogP contribution in [0.5, 0.6) is 11.5 Å². The Morgan fingerprint density at radius 2 is 2.00 bits per heavy atom. The number of rotatable bonds is 10. The Kier molecular flexibility index (Phi) is 7.63. The number of hydrogen-bond acceptors (Lipinski definition) is 6. The van der Waals surface area contributed by atoms with E-state index in [9.17, 15) is 4.79 Å². The number of benzene rings is 2. The van der Waals surface area contributed by atoms with Gasteiger partial charge >= 0.3 is 0 Å². The molecule has 0 unspecified atom stereocenters. The van der Waals surface area contributed by atoms with Gasteiger partial charge in [-0.3, -0.25) is 4.79 Å². The van der Waals surface area contributed by atoms with Gasteiger partial charge in [-0.1, -0.05) is 11.6 Å². The summed E-state index contributed by atoms with van der Waals surface area (Å²) < 4.78 is 16.5. The van der Waals surface area contributed by atoms with Crippen molar-refractivity contribution >= 4 is 34.5 Å². The minimum absolute atomic E-state index is 0.0349. The Hall–Kier alpha value is -2.61. The number of unbranched alkanes of at least 4 members (excludes halogenated alkanes) is 1. The Bertz CT molecular complexity index is 1050. The average Bonchev–Trinajstić information content (AvgIpc) is 3.28. The molecule has 1 aromatic heterocycles. The molecule has 2 aromatic carbocycles. The lowest BCUT2D eigenvalue weighted by atomic mass is 10.1. The summed E-state index contributed by atoms with van der Waals surface area (Å²) in [6.07, 6.45) is 2.44. The van der Waals surface area contributed by atoms with E-state index in [4.69, 9.17) is 30.8 Å². The maximum absolute atomic E-state index is 12.6. The van der Waals surface area contributed by atoms with Crippen molar-refractivity contribution in [3.63, 3.8) is 0 Å². The fraction of sp³-hybridized carbons (Fsp3) is 0.333. The van der Waals surface area contributed by atoms with Crippen LogP contribution >= 0.6 is 22.9 Å². The highest BCUT2D eigenvalue weighted by atomic mass is 35.5. The molecule has 0 N–H and O–H groups in total. The molecule has 0 saturated heterocycles. The molecule has 1 amide bonds. The standard InChI is InChI=1S/C24H25ClN2O4S/c1-29-13-10-23-26-20(16-32-23)17-4-9-22-21(14-17)27(24(28)15-31-22)11-2-3-12-30-19-7-5-18(25)6-8-19/h4-9,14,16H,2-3,10-13,15H2,1H3. The number of carbonyl (C=O) groups excluding carboxylic acids is 1. The Labute approximate surface area is 196 Å².